The van der Waals surface area contributed by atoms with Gasteiger partial charge in [-0.1, -0.05) is 30.4 Å². The van der Waals surface area contributed by atoms with Crippen molar-refractivity contribution in [2.24, 2.45) is 5.92 Å². The summed E-state index contributed by atoms with van der Waals surface area (Å²) in [4.78, 5) is 0.203. The fourth-order valence-corrected chi connectivity index (χ4v) is 2.45. The van der Waals surface area contributed by atoms with Gasteiger partial charge in [-0.15, -0.1) is 0 Å². The van der Waals surface area contributed by atoms with Gasteiger partial charge in [-0.2, -0.15) is 13.2 Å². The number of hydrogen-bond donors (Lipinski definition) is 0. The third kappa shape index (κ3) is 3.46. The molecule has 0 aromatic heterocycles. The lowest BCUT2D eigenvalue weighted by molar-refractivity contribution is -0.0328. The molecule has 1 aromatic carbocycles. The molecule has 0 amide bonds. The van der Waals surface area contributed by atoms with Gasteiger partial charge in [0.15, 0.2) is 0 Å². The summed E-state index contributed by atoms with van der Waals surface area (Å²) in [6.07, 6.45) is 3.32. The lowest BCUT2D eigenvalue weighted by Crippen LogP contribution is -2.07. The molecule has 1 aromatic rings. The highest BCUT2D eigenvalue weighted by Gasteiger charge is 2.30. The van der Waals surface area contributed by atoms with Gasteiger partial charge in [0.1, 0.15) is 0 Å². The van der Waals surface area contributed by atoms with Crippen LogP contribution in [0.1, 0.15) is 30.4 Å². The molecule has 2 rings (SSSR count). The van der Waals surface area contributed by atoms with Crippen molar-refractivity contribution in [2.75, 3.05) is 0 Å². The van der Waals surface area contributed by atoms with Crippen molar-refractivity contribution in [3.05, 3.63) is 29.3 Å². The van der Waals surface area contributed by atoms with Crippen molar-refractivity contribution in [1.82, 2.24) is 0 Å². The van der Waals surface area contributed by atoms with Crippen LogP contribution in [-0.4, -0.2) is 5.51 Å². The minimum atomic E-state index is -4.26. The van der Waals surface area contributed by atoms with Crippen molar-refractivity contribution in [3.8, 4) is 11.8 Å². The Morgan fingerprint density at radius 3 is 2.56 bits per heavy atom. The zero-order valence-electron chi connectivity index (χ0n) is 9.97. The molecule has 0 radical (unpaired) electrons. The number of rotatable bonds is 1. The Hall–Kier alpha value is -1.08. The summed E-state index contributed by atoms with van der Waals surface area (Å²) in [6, 6.07) is 4.92. The number of halogens is 3. The largest absolute Gasteiger partial charge is 0.446 e. The minimum Gasteiger partial charge on any atom is -0.160 e. The molecule has 0 saturated heterocycles. The van der Waals surface area contributed by atoms with Crippen LogP contribution in [0.15, 0.2) is 23.1 Å². The second-order valence-corrected chi connectivity index (χ2v) is 5.50. The predicted octanol–water partition coefficient (Wildman–Crippen LogP) is 4.76. The predicted molar refractivity (Wildman–Crippen MR) is 67.3 cm³/mol. The van der Waals surface area contributed by atoms with E-state index >= 15 is 0 Å². The van der Waals surface area contributed by atoms with Crippen LogP contribution in [-0.2, 0) is 0 Å². The van der Waals surface area contributed by atoms with Gasteiger partial charge in [0, 0.05) is 16.4 Å². The molecule has 1 aliphatic rings. The van der Waals surface area contributed by atoms with E-state index in [2.05, 4.69) is 11.8 Å². The van der Waals surface area contributed by atoms with Gasteiger partial charge < -0.3 is 0 Å². The normalized spacial score (nSPS) is 15.8. The van der Waals surface area contributed by atoms with Gasteiger partial charge in [-0.3, -0.25) is 0 Å². The molecule has 0 unspecified atom stereocenters. The highest BCUT2D eigenvalue weighted by atomic mass is 32.2. The van der Waals surface area contributed by atoms with Crippen LogP contribution in [0.25, 0.3) is 0 Å². The molecular formula is C14H13F3S. The van der Waals surface area contributed by atoms with Crippen molar-refractivity contribution in [1.29, 1.82) is 0 Å². The number of benzene rings is 1. The molecule has 1 saturated carbocycles. The van der Waals surface area contributed by atoms with Crippen molar-refractivity contribution < 1.29 is 13.2 Å². The molecule has 18 heavy (non-hydrogen) atoms. The highest BCUT2D eigenvalue weighted by molar-refractivity contribution is 8.00. The third-order valence-corrected chi connectivity index (χ3v) is 3.76. The molecule has 0 bridgehead atoms. The first-order chi connectivity index (χ1) is 8.46. The monoisotopic (exact) mass is 270 g/mol. The quantitative estimate of drug-likeness (QED) is 0.524. The summed E-state index contributed by atoms with van der Waals surface area (Å²) >= 11 is -0.0837. The van der Waals surface area contributed by atoms with Gasteiger partial charge in [0.05, 0.1) is 0 Å². The van der Waals surface area contributed by atoms with Crippen molar-refractivity contribution in [2.45, 2.75) is 36.6 Å². The molecule has 1 fully saturated rings. The van der Waals surface area contributed by atoms with Crippen LogP contribution in [0, 0.1) is 24.7 Å². The molecule has 0 atom stereocenters. The summed E-state index contributed by atoms with van der Waals surface area (Å²) in [5.74, 6) is 6.38. The van der Waals surface area contributed by atoms with E-state index in [9.17, 15) is 13.2 Å². The molecule has 0 heterocycles. The second-order valence-electron chi connectivity index (χ2n) is 4.39. The highest BCUT2D eigenvalue weighted by Crippen LogP contribution is 2.39. The third-order valence-electron chi connectivity index (χ3n) is 2.97. The van der Waals surface area contributed by atoms with E-state index in [0.717, 1.165) is 18.4 Å². The van der Waals surface area contributed by atoms with Gasteiger partial charge in [0.25, 0.3) is 0 Å². The Morgan fingerprint density at radius 2 is 2.00 bits per heavy atom. The van der Waals surface area contributed by atoms with Gasteiger partial charge >= 0.3 is 5.51 Å². The maximum absolute atomic E-state index is 12.4. The standard InChI is InChI=1S/C14H13F3S/c1-10-4-2-7-13(18-14(15,16)17)12(10)9-8-11-5-3-6-11/h2,4,7,11H,3,5-6H2,1H3. The van der Waals surface area contributed by atoms with Crippen molar-refractivity contribution in [3.63, 3.8) is 0 Å². The Balaban J connectivity index is 2.27. The van der Waals surface area contributed by atoms with E-state index in [1.807, 2.05) is 0 Å². The summed E-state index contributed by atoms with van der Waals surface area (Å²) in [7, 11) is 0. The fraction of sp³-hybridized carbons (Fsp3) is 0.429. The summed E-state index contributed by atoms with van der Waals surface area (Å²) in [5.41, 5.74) is -2.94. The van der Waals surface area contributed by atoms with E-state index < -0.39 is 5.51 Å². The SMILES string of the molecule is Cc1cccc(SC(F)(F)F)c1C#CC1CCC1. The van der Waals surface area contributed by atoms with Gasteiger partial charge in [-0.05, 0) is 43.2 Å². The molecule has 0 nitrogen and oxygen atoms in total. The molecule has 0 spiro atoms. The molecule has 0 N–H and O–H groups in total. The average molecular weight is 270 g/mol. The topological polar surface area (TPSA) is 0 Å². The molecular weight excluding hydrogens is 257 g/mol. The maximum Gasteiger partial charge on any atom is 0.446 e. The average Bonchev–Trinajstić information content (AvgIpc) is 2.17. The molecule has 0 aliphatic heterocycles. The summed E-state index contributed by atoms with van der Waals surface area (Å²) in [6.45, 7) is 1.80. The second kappa shape index (κ2) is 5.27. The maximum atomic E-state index is 12.4. The number of thioether (sulfide) groups is 1. The van der Waals surface area contributed by atoms with E-state index in [1.165, 1.54) is 12.5 Å². The van der Waals surface area contributed by atoms with Crippen LogP contribution < -0.4 is 0 Å². The van der Waals surface area contributed by atoms with Gasteiger partial charge in [-0.25, -0.2) is 0 Å². The first-order valence-electron chi connectivity index (χ1n) is 5.82. The van der Waals surface area contributed by atoms with E-state index in [4.69, 9.17) is 0 Å². The van der Waals surface area contributed by atoms with Crippen molar-refractivity contribution >= 4 is 11.8 Å². The molecule has 1 aliphatic carbocycles. The smallest absolute Gasteiger partial charge is 0.160 e. The summed E-state index contributed by atoms with van der Waals surface area (Å²) < 4.78 is 37.3. The molecule has 96 valence electrons. The number of hydrogen-bond acceptors (Lipinski definition) is 1. The van der Waals surface area contributed by atoms with Crippen LogP contribution in [0.5, 0.6) is 0 Å². The number of alkyl halides is 3. The molecule has 4 heteroatoms. The van der Waals surface area contributed by atoms with Crippen LogP contribution in [0.3, 0.4) is 0 Å². The first kappa shape index (κ1) is 13.4. The zero-order chi connectivity index (χ0) is 13.2. The lowest BCUT2D eigenvalue weighted by atomic mass is 9.86. The Labute approximate surface area is 109 Å². The van der Waals surface area contributed by atoms with E-state index in [-0.39, 0.29) is 16.7 Å². The van der Waals surface area contributed by atoms with Crippen LogP contribution >= 0.6 is 11.8 Å². The Bertz CT molecular complexity index is 490. The minimum absolute atomic E-state index is 0.0837. The van der Waals surface area contributed by atoms with E-state index in [1.54, 1.807) is 19.1 Å². The summed E-state index contributed by atoms with van der Waals surface area (Å²) in [5, 5.41) is 0. The van der Waals surface area contributed by atoms with Crippen LogP contribution in [0.2, 0.25) is 0 Å². The Kier molecular flexibility index (Phi) is 3.91. The number of aryl methyl sites for hydroxylation is 1. The Morgan fingerprint density at radius 1 is 1.28 bits per heavy atom. The van der Waals surface area contributed by atoms with Crippen LogP contribution in [0.4, 0.5) is 13.2 Å². The zero-order valence-corrected chi connectivity index (χ0v) is 10.8. The first-order valence-corrected chi connectivity index (χ1v) is 6.64. The van der Waals surface area contributed by atoms with E-state index in [0.29, 0.717) is 11.5 Å². The fourth-order valence-electron chi connectivity index (χ4n) is 1.74. The lowest BCUT2D eigenvalue weighted by Gasteiger charge is -2.19. The van der Waals surface area contributed by atoms with Gasteiger partial charge in [0.2, 0.25) is 0 Å².